The molecule has 182 valence electrons. The van der Waals surface area contributed by atoms with Gasteiger partial charge in [0.05, 0.1) is 23.8 Å². The Morgan fingerprint density at radius 3 is 1.59 bits per heavy atom. The summed E-state index contributed by atoms with van der Waals surface area (Å²) in [5.74, 6) is 0.323. The van der Waals surface area contributed by atoms with Crippen LogP contribution in [-0.4, -0.2) is 38.0 Å². The largest absolute Gasteiger partial charge is 0.494 e. The summed E-state index contributed by atoms with van der Waals surface area (Å²) in [5, 5.41) is 10.3. The first-order valence-electron chi connectivity index (χ1n) is 8.97. The topological polar surface area (TPSA) is 239 Å². The molecule has 0 bridgehead atoms. The molecule has 15 heteroatoms. The molecule has 0 aliphatic rings. The molecule has 13 nitrogen and oxygen atoms in total. The van der Waals surface area contributed by atoms with Crippen LogP contribution in [0.2, 0.25) is 0 Å². The molecule has 0 atom stereocenters. The second kappa shape index (κ2) is 9.92. The Labute approximate surface area is 194 Å². The minimum atomic E-state index is -4.66. The first kappa shape index (κ1) is 26.3. The lowest BCUT2D eigenvalue weighted by atomic mass is 10.0. The highest BCUT2D eigenvalue weighted by atomic mass is 32.2. The highest BCUT2D eigenvalue weighted by Crippen LogP contribution is 2.34. The standard InChI is InChI=1S/C12H12N2O6S2.C7H8N2O3/c13-7-1-3-9(11(5-7)21(15,16)17)10-4-2-8(14)6-12(10)22(18,19)20;1-12-7-4-5(9(10)11)2-3-6(7)8/h1-6H,13-14H2,(H,15,16,17)(H,18,19,20);2-4H,8H2,1H3. The molecule has 3 aromatic carbocycles. The Kier molecular flexibility index (Phi) is 7.68. The second-order valence-corrected chi connectivity index (χ2v) is 9.42. The fourth-order valence-corrected chi connectivity index (χ4v) is 4.24. The number of ether oxygens (including phenoxy) is 1. The quantitative estimate of drug-likeness (QED) is 0.143. The average molecular weight is 513 g/mol. The van der Waals surface area contributed by atoms with Crippen molar-refractivity contribution in [3.05, 3.63) is 64.7 Å². The van der Waals surface area contributed by atoms with Crippen LogP contribution in [0.1, 0.15) is 0 Å². The number of methoxy groups -OCH3 is 1. The summed E-state index contributed by atoms with van der Waals surface area (Å²) in [4.78, 5) is 8.63. The van der Waals surface area contributed by atoms with Crippen molar-refractivity contribution >= 4 is 43.0 Å². The van der Waals surface area contributed by atoms with E-state index in [9.17, 15) is 36.1 Å². The Morgan fingerprint density at radius 1 is 0.794 bits per heavy atom. The minimum absolute atomic E-state index is 0.0268. The van der Waals surface area contributed by atoms with Crippen LogP contribution in [0, 0.1) is 10.1 Å². The number of hydrogen-bond donors (Lipinski definition) is 5. The third kappa shape index (κ3) is 6.32. The highest BCUT2D eigenvalue weighted by Gasteiger charge is 2.23. The van der Waals surface area contributed by atoms with Crippen LogP contribution in [-0.2, 0) is 20.2 Å². The van der Waals surface area contributed by atoms with Crippen LogP contribution >= 0.6 is 0 Å². The van der Waals surface area contributed by atoms with Gasteiger partial charge in [-0.25, -0.2) is 0 Å². The van der Waals surface area contributed by atoms with Gasteiger partial charge in [0.2, 0.25) is 0 Å². The number of benzene rings is 3. The number of nitro groups is 1. The molecule has 0 saturated carbocycles. The van der Waals surface area contributed by atoms with Gasteiger partial charge in [-0.15, -0.1) is 0 Å². The van der Waals surface area contributed by atoms with E-state index in [0.29, 0.717) is 11.4 Å². The Balaban J connectivity index is 0.000000287. The molecule has 0 aliphatic heterocycles. The van der Waals surface area contributed by atoms with Gasteiger partial charge in [0, 0.05) is 28.6 Å². The normalized spacial score (nSPS) is 11.3. The van der Waals surface area contributed by atoms with Crippen molar-refractivity contribution in [1.29, 1.82) is 0 Å². The molecule has 0 amide bonds. The highest BCUT2D eigenvalue weighted by molar-refractivity contribution is 7.86. The number of rotatable bonds is 5. The molecule has 0 saturated heterocycles. The summed E-state index contributed by atoms with van der Waals surface area (Å²) in [6.45, 7) is 0. The first-order valence-corrected chi connectivity index (χ1v) is 11.9. The molecule has 0 aromatic heterocycles. The third-order valence-electron chi connectivity index (χ3n) is 4.29. The number of anilines is 3. The number of non-ortho nitro benzene ring substituents is 1. The van der Waals surface area contributed by atoms with E-state index in [1.165, 1.54) is 49.6 Å². The van der Waals surface area contributed by atoms with Crippen LogP contribution in [0.3, 0.4) is 0 Å². The van der Waals surface area contributed by atoms with Gasteiger partial charge < -0.3 is 21.9 Å². The SMILES string of the molecule is COc1cc([N+](=O)[O-])ccc1N.Nc1ccc(-c2ccc(N)cc2S(=O)(=O)O)c(S(=O)(=O)O)c1. The maximum atomic E-state index is 11.5. The summed E-state index contributed by atoms with van der Waals surface area (Å²) < 4.78 is 69.3. The molecular formula is C19H20N4O9S2. The van der Waals surface area contributed by atoms with E-state index in [0.717, 1.165) is 12.1 Å². The van der Waals surface area contributed by atoms with Crippen molar-refractivity contribution in [3.8, 4) is 16.9 Å². The van der Waals surface area contributed by atoms with Crippen LogP contribution < -0.4 is 21.9 Å². The van der Waals surface area contributed by atoms with Gasteiger partial charge >= 0.3 is 0 Å². The van der Waals surface area contributed by atoms with E-state index in [2.05, 4.69) is 0 Å². The van der Waals surface area contributed by atoms with Crippen molar-refractivity contribution in [3.63, 3.8) is 0 Å². The number of nitro benzene ring substituents is 1. The summed E-state index contributed by atoms with van der Waals surface area (Å²) in [7, 11) is -7.92. The van der Waals surface area contributed by atoms with E-state index >= 15 is 0 Å². The number of nitrogens with two attached hydrogens (primary N) is 3. The zero-order valence-electron chi connectivity index (χ0n) is 17.4. The van der Waals surface area contributed by atoms with Gasteiger partial charge in [-0.1, -0.05) is 12.1 Å². The molecule has 0 heterocycles. The zero-order chi connectivity index (χ0) is 25.8. The summed E-state index contributed by atoms with van der Waals surface area (Å²) in [6.07, 6.45) is 0. The smallest absolute Gasteiger partial charge is 0.295 e. The van der Waals surface area contributed by atoms with Gasteiger partial charge in [0.15, 0.2) is 0 Å². The molecule has 3 rings (SSSR count). The predicted octanol–water partition coefficient (Wildman–Crippen LogP) is 2.20. The van der Waals surface area contributed by atoms with E-state index in [-0.39, 0.29) is 28.2 Å². The van der Waals surface area contributed by atoms with Gasteiger partial charge in [0.1, 0.15) is 15.5 Å². The van der Waals surface area contributed by atoms with Crippen LogP contribution in [0.25, 0.3) is 11.1 Å². The number of hydrogen-bond acceptors (Lipinski definition) is 10. The Morgan fingerprint density at radius 2 is 1.24 bits per heavy atom. The van der Waals surface area contributed by atoms with Gasteiger partial charge in [-0.2, -0.15) is 16.8 Å². The summed E-state index contributed by atoms with van der Waals surface area (Å²) in [5.41, 5.74) is 16.6. The fourth-order valence-electron chi connectivity index (χ4n) is 2.76. The maximum absolute atomic E-state index is 11.5. The molecule has 0 spiro atoms. The summed E-state index contributed by atoms with van der Waals surface area (Å²) in [6, 6.07) is 11.1. The Hall–Kier alpha value is -3.92. The van der Waals surface area contributed by atoms with Crippen LogP contribution in [0.15, 0.2) is 64.4 Å². The van der Waals surface area contributed by atoms with Crippen LogP contribution in [0.4, 0.5) is 22.7 Å². The lowest BCUT2D eigenvalue weighted by molar-refractivity contribution is -0.384. The zero-order valence-corrected chi connectivity index (χ0v) is 19.1. The summed E-state index contributed by atoms with van der Waals surface area (Å²) >= 11 is 0. The fraction of sp³-hybridized carbons (Fsp3) is 0.0526. The molecule has 0 radical (unpaired) electrons. The van der Waals surface area contributed by atoms with Crippen LogP contribution in [0.5, 0.6) is 5.75 Å². The van der Waals surface area contributed by atoms with E-state index in [1.807, 2.05) is 0 Å². The van der Waals surface area contributed by atoms with Crippen molar-refractivity contribution in [1.82, 2.24) is 0 Å². The molecule has 0 fully saturated rings. The average Bonchev–Trinajstić information content (AvgIpc) is 2.73. The van der Waals surface area contributed by atoms with E-state index in [1.54, 1.807) is 0 Å². The van der Waals surface area contributed by atoms with Crippen molar-refractivity contribution < 1.29 is 35.6 Å². The molecule has 0 aliphatic carbocycles. The molecular weight excluding hydrogens is 492 g/mol. The van der Waals surface area contributed by atoms with Gasteiger partial charge in [0.25, 0.3) is 25.9 Å². The van der Waals surface area contributed by atoms with E-state index in [4.69, 9.17) is 21.9 Å². The minimum Gasteiger partial charge on any atom is -0.494 e. The number of nitrogens with zero attached hydrogens (tertiary/aromatic N) is 1. The van der Waals surface area contributed by atoms with Gasteiger partial charge in [-0.3, -0.25) is 19.2 Å². The first-order chi connectivity index (χ1) is 15.6. The van der Waals surface area contributed by atoms with Crippen molar-refractivity contribution in [2.45, 2.75) is 9.79 Å². The molecule has 3 aromatic rings. The second-order valence-electron chi connectivity index (χ2n) is 6.64. The lowest BCUT2D eigenvalue weighted by Crippen LogP contribution is -2.06. The monoisotopic (exact) mass is 512 g/mol. The lowest BCUT2D eigenvalue weighted by Gasteiger charge is -2.12. The molecule has 0 unspecified atom stereocenters. The third-order valence-corrected chi connectivity index (χ3v) is 6.07. The molecule has 34 heavy (non-hydrogen) atoms. The maximum Gasteiger partial charge on any atom is 0.295 e. The van der Waals surface area contributed by atoms with Crippen molar-refractivity contribution in [2.75, 3.05) is 24.3 Å². The molecule has 8 N–H and O–H groups in total. The predicted molar refractivity (Wildman–Crippen MR) is 124 cm³/mol. The Bertz CT molecular complexity index is 1380. The number of nitrogen functional groups attached to an aromatic ring is 3. The van der Waals surface area contributed by atoms with Gasteiger partial charge in [-0.05, 0) is 30.3 Å². The van der Waals surface area contributed by atoms with E-state index < -0.39 is 35.0 Å². The van der Waals surface area contributed by atoms with Crippen molar-refractivity contribution in [2.24, 2.45) is 0 Å².